The van der Waals surface area contributed by atoms with Crippen LogP contribution >= 0.6 is 0 Å². The van der Waals surface area contributed by atoms with E-state index in [1.165, 1.54) is 12.1 Å². The zero-order valence-corrected chi connectivity index (χ0v) is 24.5. The van der Waals surface area contributed by atoms with E-state index in [0.717, 1.165) is 31.4 Å². The average Bonchev–Trinajstić information content (AvgIpc) is 3.37. The van der Waals surface area contributed by atoms with E-state index in [4.69, 9.17) is 29.9 Å². The number of halogens is 4. The molecule has 5 heterocycles. The second-order valence-electron chi connectivity index (χ2n) is 12.8. The summed E-state index contributed by atoms with van der Waals surface area (Å²) >= 11 is 0. The highest BCUT2D eigenvalue weighted by atomic mass is 19.4. The van der Waals surface area contributed by atoms with Gasteiger partial charge in [-0.05, 0) is 50.3 Å². The predicted molar refractivity (Wildman–Crippen MR) is 152 cm³/mol. The molecular formula is C31H36F4N6O3. The van der Waals surface area contributed by atoms with Crippen LogP contribution in [-0.2, 0) is 28.1 Å². The summed E-state index contributed by atoms with van der Waals surface area (Å²) in [5.41, 5.74) is 6.24. The molecule has 1 unspecified atom stereocenters. The Labute approximate surface area is 253 Å². The van der Waals surface area contributed by atoms with Crippen LogP contribution in [-0.4, -0.2) is 78.8 Å². The molecule has 0 bridgehead atoms. The number of rotatable bonds is 4. The Balaban J connectivity index is 1.29. The summed E-state index contributed by atoms with van der Waals surface area (Å²) in [6.07, 6.45) is -2.38. The monoisotopic (exact) mass is 616 g/mol. The van der Waals surface area contributed by atoms with Gasteiger partial charge in [-0.25, -0.2) is 4.39 Å². The van der Waals surface area contributed by atoms with Gasteiger partial charge in [-0.15, -0.1) is 0 Å². The lowest BCUT2D eigenvalue weighted by Gasteiger charge is -2.45. The van der Waals surface area contributed by atoms with Gasteiger partial charge >= 0.3 is 12.2 Å². The number of fused-ring (bicyclic) bond motifs is 4. The highest BCUT2D eigenvalue weighted by Gasteiger charge is 2.53. The summed E-state index contributed by atoms with van der Waals surface area (Å²) in [5.74, 6) is -1.07. The Morgan fingerprint density at radius 1 is 1.14 bits per heavy atom. The summed E-state index contributed by atoms with van der Waals surface area (Å²) in [4.78, 5) is 13.9. The van der Waals surface area contributed by atoms with Gasteiger partial charge in [-0.3, -0.25) is 4.90 Å². The Hall–Kier alpha value is -3.21. The topological polar surface area (TPSA) is 110 Å². The molecule has 1 aliphatic carbocycles. The Bertz CT molecular complexity index is 1480. The molecule has 3 fully saturated rings. The molecule has 0 saturated carbocycles. The number of aromatic nitrogens is 2. The number of nitrogens with zero attached hydrogens (tertiary/aromatic N) is 5. The Kier molecular flexibility index (Phi) is 7.37. The first-order valence-corrected chi connectivity index (χ1v) is 15.4. The standard InChI is InChI=1S/C31H36F4N6O3/c32-19-13-29(6-1-9-41(29)16-19)18-43-28-38-25-14-30(44-17-22(25)27(39-28)40-8-2-11-42-12-10-40)7-5-23(31(33,34)35)20-3-4-24(37)21(15-36)26(20)30/h3-4,19,23H,1-2,5-14,16-18,37H2/t19-,23-,29?,30-/m1/s1. The summed E-state index contributed by atoms with van der Waals surface area (Å²) in [6, 6.07) is 4.97. The lowest BCUT2D eigenvalue weighted by atomic mass is 9.68. The molecule has 1 aromatic heterocycles. The first-order chi connectivity index (χ1) is 21.1. The first kappa shape index (κ1) is 29.5. The summed E-state index contributed by atoms with van der Waals surface area (Å²) < 4.78 is 75.5. The predicted octanol–water partition coefficient (Wildman–Crippen LogP) is 4.52. The van der Waals surface area contributed by atoms with Crippen LogP contribution in [0.2, 0.25) is 0 Å². The molecule has 1 spiro atoms. The number of nitrogen functional groups attached to an aromatic ring is 1. The molecule has 3 saturated heterocycles. The highest BCUT2D eigenvalue weighted by Crippen LogP contribution is 2.54. The van der Waals surface area contributed by atoms with Gasteiger partial charge in [0.15, 0.2) is 0 Å². The van der Waals surface area contributed by atoms with Gasteiger partial charge in [-0.2, -0.15) is 28.4 Å². The molecule has 5 aliphatic rings. The zero-order valence-electron chi connectivity index (χ0n) is 24.5. The second kappa shape index (κ2) is 11.0. The van der Waals surface area contributed by atoms with Gasteiger partial charge in [0, 0.05) is 55.9 Å². The maximum Gasteiger partial charge on any atom is 0.395 e. The number of benzene rings is 1. The molecule has 236 valence electrons. The molecule has 0 amide bonds. The number of nitriles is 1. The van der Waals surface area contributed by atoms with Crippen molar-refractivity contribution < 1.29 is 31.8 Å². The lowest BCUT2D eigenvalue weighted by Crippen LogP contribution is -2.44. The van der Waals surface area contributed by atoms with Crippen molar-refractivity contribution >= 4 is 11.5 Å². The quantitative estimate of drug-likeness (QED) is 0.392. The molecule has 7 rings (SSSR count). The summed E-state index contributed by atoms with van der Waals surface area (Å²) in [7, 11) is 0. The number of ether oxygens (including phenoxy) is 3. The maximum absolute atomic E-state index is 14.4. The number of hydrogen-bond acceptors (Lipinski definition) is 9. The average molecular weight is 617 g/mol. The fourth-order valence-corrected chi connectivity index (χ4v) is 8.11. The third kappa shape index (κ3) is 4.95. The van der Waals surface area contributed by atoms with E-state index in [1.807, 2.05) is 0 Å². The fourth-order valence-electron chi connectivity index (χ4n) is 8.11. The van der Waals surface area contributed by atoms with Gasteiger partial charge in [-0.1, -0.05) is 6.07 Å². The van der Waals surface area contributed by atoms with Gasteiger partial charge in [0.1, 0.15) is 30.3 Å². The van der Waals surface area contributed by atoms with Gasteiger partial charge in [0.05, 0.1) is 35.9 Å². The SMILES string of the molecule is N#Cc1c(N)ccc2c1[C@@]1(CC[C@H]2C(F)(F)F)Cc2nc(OCC34CCCN3C[C@H](F)C4)nc(N3CCCOCC3)c2CO1. The highest BCUT2D eigenvalue weighted by molar-refractivity contribution is 5.64. The summed E-state index contributed by atoms with van der Waals surface area (Å²) in [5, 5.41) is 10.1. The minimum atomic E-state index is -4.48. The van der Waals surface area contributed by atoms with E-state index >= 15 is 0 Å². The molecule has 2 aromatic rings. The third-order valence-electron chi connectivity index (χ3n) is 10.2. The van der Waals surface area contributed by atoms with Crippen LogP contribution in [0.1, 0.15) is 72.4 Å². The van der Waals surface area contributed by atoms with E-state index in [-0.39, 0.29) is 60.9 Å². The van der Waals surface area contributed by atoms with E-state index in [2.05, 4.69) is 15.9 Å². The number of nitrogens with two attached hydrogens (primary N) is 1. The van der Waals surface area contributed by atoms with E-state index < -0.39 is 29.4 Å². The van der Waals surface area contributed by atoms with E-state index in [9.17, 15) is 22.8 Å². The van der Waals surface area contributed by atoms with Crippen molar-refractivity contribution in [2.45, 2.75) is 81.0 Å². The van der Waals surface area contributed by atoms with E-state index in [1.54, 1.807) is 0 Å². The van der Waals surface area contributed by atoms with Crippen molar-refractivity contribution in [3.05, 3.63) is 40.1 Å². The van der Waals surface area contributed by atoms with Crippen LogP contribution in [0.25, 0.3) is 0 Å². The molecule has 2 N–H and O–H groups in total. The normalized spacial score (nSPS) is 30.4. The van der Waals surface area contributed by atoms with E-state index in [0.29, 0.717) is 50.8 Å². The van der Waals surface area contributed by atoms with Crippen molar-refractivity contribution in [3.8, 4) is 12.1 Å². The van der Waals surface area contributed by atoms with Gasteiger partial charge in [0.25, 0.3) is 0 Å². The molecule has 44 heavy (non-hydrogen) atoms. The first-order valence-electron chi connectivity index (χ1n) is 15.4. The van der Waals surface area contributed by atoms with Crippen LogP contribution in [0, 0.1) is 11.3 Å². The van der Waals surface area contributed by atoms with Gasteiger partial charge in [0.2, 0.25) is 0 Å². The molecule has 1 aromatic carbocycles. The van der Waals surface area contributed by atoms with Crippen molar-refractivity contribution in [1.82, 2.24) is 14.9 Å². The Morgan fingerprint density at radius 2 is 2.00 bits per heavy atom. The van der Waals surface area contributed by atoms with Crippen LogP contribution < -0.4 is 15.4 Å². The minimum Gasteiger partial charge on any atom is -0.461 e. The Morgan fingerprint density at radius 3 is 2.82 bits per heavy atom. The largest absolute Gasteiger partial charge is 0.461 e. The maximum atomic E-state index is 14.4. The van der Waals surface area contributed by atoms with Crippen molar-refractivity contribution in [2.24, 2.45) is 0 Å². The lowest BCUT2D eigenvalue weighted by molar-refractivity contribution is -0.165. The summed E-state index contributed by atoms with van der Waals surface area (Å²) in [6.45, 7) is 3.98. The molecule has 9 nitrogen and oxygen atoms in total. The number of alkyl halides is 4. The molecule has 0 radical (unpaired) electrons. The minimum absolute atomic E-state index is 0.0118. The van der Waals surface area contributed by atoms with Crippen LogP contribution in [0.5, 0.6) is 6.01 Å². The molecular weight excluding hydrogens is 580 g/mol. The van der Waals surface area contributed by atoms with Crippen LogP contribution in [0.4, 0.5) is 29.1 Å². The molecule has 13 heteroatoms. The van der Waals surface area contributed by atoms with Crippen LogP contribution in [0.3, 0.4) is 0 Å². The van der Waals surface area contributed by atoms with Crippen molar-refractivity contribution in [3.63, 3.8) is 0 Å². The van der Waals surface area contributed by atoms with Crippen molar-refractivity contribution in [2.75, 3.05) is 56.6 Å². The second-order valence-corrected chi connectivity index (χ2v) is 12.8. The van der Waals surface area contributed by atoms with Crippen LogP contribution in [0.15, 0.2) is 12.1 Å². The van der Waals surface area contributed by atoms with Crippen molar-refractivity contribution in [1.29, 1.82) is 5.26 Å². The fraction of sp³-hybridized carbons (Fsp3) is 0.645. The number of anilines is 2. The number of hydrogen-bond donors (Lipinski definition) is 1. The zero-order chi connectivity index (χ0) is 30.7. The third-order valence-corrected chi connectivity index (χ3v) is 10.2. The van der Waals surface area contributed by atoms with Gasteiger partial charge < -0.3 is 24.8 Å². The molecule has 4 aliphatic heterocycles. The molecule has 4 atom stereocenters. The smallest absolute Gasteiger partial charge is 0.395 e.